The van der Waals surface area contributed by atoms with Crippen molar-refractivity contribution in [3.63, 3.8) is 0 Å². The van der Waals surface area contributed by atoms with Crippen LogP contribution in [0.25, 0.3) is 0 Å². The van der Waals surface area contributed by atoms with E-state index in [4.69, 9.17) is 15.2 Å². The molecule has 1 aliphatic heterocycles. The summed E-state index contributed by atoms with van der Waals surface area (Å²) < 4.78 is 10.5. The average Bonchev–Trinajstić information content (AvgIpc) is 2.71. The monoisotopic (exact) mass is 383 g/mol. The van der Waals surface area contributed by atoms with Gasteiger partial charge in [0.25, 0.3) is 0 Å². The number of fused-ring (bicyclic) bond motifs is 1. The molecule has 0 aliphatic carbocycles. The van der Waals surface area contributed by atoms with E-state index >= 15 is 0 Å². The van der Waals surface area contributed by atoms with Gasteiger partial charge in [-0.1, -0.05) is 30.3 Å². The zero-order valence-electron chi connectivity index (χ0n) is 16.1. The SMILES string of the molecule is COc1ccc(CNC(=O)CN2Cc3ccccc3C[C@@H]2C(N)=O)cc1OC. The topological polar surface area (TPSA) is 93.9 Å². The number of hydrogen-bond acceptors (Lipinski definition) is 5. The van der Waals surface area contributed by atoms with Gasteiger partial charge in [-0.3, -0.25) is 14.5 Å². The minimum atomic E-state index is -0.485. The molecule has 0 bridgehead atoms. The lowest BCUT2D eigenvalue weighted by Gasteiger charge is -2.34. The highest BCUT2D eigenvalue weighted by atomic mass is 16.5. The number of methoxy groups -OCH3 is 2. The highest BCUT2D eigenvalue weighted by Crippen LogP contribution is 2.27. The summed E-state index contributed by atoms with van der Waals surface area (Å²) in [5, 5.41) is 2.89. The number of carbonyl (C=O) groups is 2. The zero-order chi connectivity index (χ0) is 20.1. The Morgan fingerprint density at radius 2 is 1.82 bits per heavy atom. The Balaban J connectivity index is 1.63. The summed E-state index contributed by atoms with van der Waals surface area (Å²) >= 11 is 0. The van der Waals surface area contributed by atoms with Crippen molar-refractivity contribution in [1.29, 1.82) is 0 Å². The fraction of sp³-hybridized carbons (Fsp3) is 0.333. The molecule has 2 amide bonds. The summed E-state index contributed by atoms with van der Waals surface area (Å²) in [5.41, 5.74) is 8.69. The van der Waals surface area contributed by atoms with Crippen LogP contribution in [-0.2, 0) is 29.1 Å². The molecule has 28 heavy (non-hydrogen) atoms. The summed E-state index contributed by atoms with van der Waals surface area (Å²) in [6.45, 7) is 0.980. The van der Waals surface area contributed by atoms with Gasteiger partial charge < -0.3 is 20.5 Å². The van der Waals surface area contributed by atoms with Crippen molar-refractivity contribution in [2.45, 2.75) is 25.6 Å². The molecule has 148 valence electrons. The molecule has 3 rings (SSSR count). The van der Waals surface area contributed by atoms with Crippen LogP contribution in [0.2, 0.25) is 0 Å². The van der Waals surface area contributed by atoms with Crippen LogP contribution in [-0.4, -0.2) is 43.5 Å². The lowest BCUT2D eigenvalue weighted by atomic mass is 9.93. The van der Waals surface area contributed by atoms with Gasteiger partial charge in [0.1, 0.15) is 0 Å². The van der Waals surface area contributed by atoms with Crippen LogP contribution in [0.3, 0.4) is 0 Å². The van der Waals surface area contributed by atoms with Crippen molar-refractivity contribution in [3.8, 4) is 11.5 Å². The number of amides is 2. The van der Waals surface area contributed by atoms with Crippen molar-refractivity contribution in [2.75, 3.05) is 20.8 Å². The second-order valence-corrected chi connectivity index (χ2v) is 6.76. The van der Waals surface area contributed by atoms with Gasteiger partial charge in [-0.2, -0.15) is 0 Å². The first kappa shape index (κ1) is 19.7. The Labute approximate surface area is 164 Å². The third-order valence-corrected chi connectivity index (χ3v) is 4.96. The summed E-state index contributed by atoms with van der Waals surface area (Å²) in [6, 6.07) is 12.9. The minimum absolute atomic E-state index is 0.106. The van der Waals surface area contributed by atoms with Crippen LogP contribution < -0.4 is 20.5 Å². The molecule has 1 aliphatic rings. The predicted octanol–water partition coefficient (Wildman–Crippen LogP) is 1.23. The molecular weight excluding hydrogens is 358 g/mol. The Bertz CT molecular complexity index is 868. The van der Waals surface area contributed by atoms with E-state index < -0.39 is 11.9 Å². The summed E-state index contributed by atoms with van der Waals surface area (Å²) in [6.07, 6.45) is 0.522. The smallest absolute Gasteiger partial charge is 0.235 e. The van der Waals surface area contributed by atoms with Gasteiger partial charge in [0.2, 0.25) is 11.8 Å². The molecule has 0 fully saturated rings. The Hall–Kier alpha value is -3.06. The van der Waals surface area contributed by atoms with E-state index in [-0.39, 0.29) is 12.5 Å². The lowest BCUT2D eigenvalue weighted by Crippen LogP contribution is -2.51. The second kappa shape index (κ2) is 8.75. The first-order chi connectivity index (χ1) is 13.5. The standard InChI is InChI=1S/C21H25N3O4/c1-27-18-8-7-14(9-19(18)28-2)11-23-20(25)13-24-12-16-6-4-3-5-15(16)10-17(24)21(22)26/h3-9,17H,10-13H2,1-2H3,(H2,22,26)(H,23,25)/t17-/m1/s1. The normalized spacial score (nSPS) is 16.1. The van der Waals surface area contributed by atoms with E-state index in [1.807, 2.05) is 41.3 Å². The summed E-state index contributed by atoms with van der Waals surface area (Å²) in [4.78, 5) is 26.2. The largest absolute Gasteiger partial charge is 0.493 e. The number of nitrogens with one attached hydrogen (secondary N) is 1. The maximum atomic E-state index is 12.5. The Kier molecular flexibility index (Phi) is 6.16. The molecule has 7 heteroatoms. The number of hydrogen-bond donors (Lipinski definition) is 2. The average molecular weight is 383 g/mol. The molecule has 0 unspecified atom stereocenters. The van der Waals surface area contributed by atoms with E-state index in [2.05, 4.69) is 5.32 Å². The first-order valence-corrected chi connectivity index (χ1v) is 9.09. The number of benzene rings is 2. The molecule has 3 N–H and O–H groups in total. The molecule has 1 atom stereocenters. The van der Waals surface area contributed by atoms with E-state index in [0.717, 1.165) is 16.7 Å². The summed E-state index contributed by atoms with van der Waals surface area (Å²) in [7, 11) is 3.14. The van der Waals surface area contributed by atoms with Gasteiger partial charge in [0.05, 0.1) is 26.8 Å². The van der Waals surface area contributed by atoms with Crippen LogP contribution in [0.15, 0.2) is 42.5 Å². The number of ether oxygens (including phenoxy) is 2. The highest BCUT2D eigenvalue weighted by molar-refractivity contribution is 5.83. The van der Waals surface area contributed by atoms with Crippen LogP contribution in [0.4, 0.5) is 0 Å². The molecule has 0 saturated heterocycles. The first-order valence-electron chi connectivity index (χ1n) is 9.09. The molecule has 2 aromatic rings. The van der Waals surface area contributed by atoms with Gasteiger partial charge in [-0.15, -0.1) is 0 Å². The molecule has 0 aromatic heterocycles. The number of nitrogens with zero attached hydrogens (tertiary/aromatic N) is 1. The fourth-order valence-corrected chi connectivity index (χ4v) is 3.46. The van der Waals surface area contributed by atoms with Gasteiger partial charge in [-0.25, -0.2) is 0 Å². The zero-order valence-corrected chi connectivity index (χ0v) is 16.1. The van der Waals surface area contributed by atoms with E-state index in [0.29, 0.717) is 31.0 Å². The minimum Gasteiger partial charge on any atom is -0.493 e. The van der Waals surface area contributed by atoms with Crippen molar-refractivity contribution < 1.29 is 19.1 Å². The number of nitrogens with two attached hydrogens (primary N) is 1. The number of carbonyl (C=O) groups excluding carboxylic acids is 2. The molecule has 0 radical (unpaired) electrons. The van der Waals surface area contributed by atoms with Gasteiger partial charge in [0.15, 0.2) is 11.5 Å². The maximum absolute atomic E-state index is 12.5. The van der Waals surface area contributed by atoms with Crippen LogP contribution in [0, 0.1) is 0 Å². The third kappa shape index (κ3) is 4.43. The van der Waals surface area contributed by atoms with E-state index in [1.54, 1.807) is 20.3 Å². The Morgan fingerprint density at radius 1 is 1.11 bits per heavy atom. The number of rotatable bonds is 7. The van der Waals surface area contributed by atoms with Crippen LogP contribution in [0.5, 0.6) is 11.5 Å². The summed E-state index contributed by atoms with van der Waals surface area (Å²) in [5.74, 6) is 0.659. The Morgan fingerprint density at radius 3 is 2.50 bits per heavy atom. The van der Waals surface area contributed by atoms with E-state index in [1.165, 1.54) is 0 Å². The molecule has 1 heterocycles. The lowest BCUT2D eigenvalue weighted by molar-refractivity contribution is -0.127. The van der Waals surface area contributed by atoms with Gasteiger partial charge in [-0.05, 0) is 35.2 Å². The van der Waals surface area contributed by atoms with Crippen LogP contribution in [0.1, 0.15) is 16.7 Å². The molecule has 2 aromatic carbocycles. The third-order valence-electron chi connectivity index (χ3n) is 4.96. The molecule has 7 nitrogen and oxygen atoms in total. The molecular formula is C21H25N3O4. The fourth-order valence-electron chi connectivity index (χ4n) is 3.46. The van der Waals surface area contributed by atoms with Crippen molar-refractivity contribution >= 4 is 11.8 Å². The maximum Gasteiger partial charge on any atom is 0.235 e. The van der Waals surface area contributed by atoms with Crippen molar-refractivity contribution in [2.24, 2.45) is 5.73 Å². The molecule has 0 saturated carbocycles. The van der Waals surface area contributed by atoms with E-state index in [9.17, 15) is 9.59 Å². The number of primary amides is 1. The van der Waals surface area contributed by atoms with Gasteiger partial charge in [0, 0.05) is 13.1 Å². The van der Waals surface area contributed by atoms with Crippen LogP contribution >= 0.6 is 0 Å². The van der Waals surface area contributed by atoms with Crippen molar-refractivity contribution in [1.82, 2.24) is 10.2 Å². The second-order valence-electron chi connectivity index (χ2n) is 6.76. The quantitative estimate of drug-likeness (QED) is 0.750. The predicted molar refractivity (Wildman–Crippen MR) is 105 cm³/mol. The van der Waals surface area contributed by atoms with Gasteiger partial charge >= 0.3 is 0 Å². The molecule has 0 spiro atoms. The highest BCUT2D eigenvalue weighted by Gasteiger charge is 2.31. The van der Waals surface area contributed by atoms with Crippen molar-refractivity contribution in [3.05, 3.63) is 59.2 Å².